The molecule has 130 valence electrons. The standard InChI is InChI=1S/C20H15BrN2O2S/c1-24-18-10-13(9-16(21)19(18)25-2)8-15(11-22)20-23-17(12-26-20)14-6-4-3-5-7-14/h3-10,12H,1-2H3/b15-8-. The summed E-state index contributed by atoms with van der Waals surface area (Å²) in [5.41, 5.74) is 3.21. The van der Waals surface area contributed by atoms with Crippen molar-refractivity contribution in [2.45, 2.75) is 0 Å². The van der Waals surface area contributed by atoms with E-state index < -0.39 is 0 Å². The van der Waals surface area contributed by atoms with Crippen LogP contribution in [0.25, 0.3) is 22.9 Å². The summed E-state index contributed by atoms with van der Waals surface area (Å²) in [6, 6.07) is 15.8. The van der Waals surface area contributed by atoms with Crippen molar-refractivity contribution < 1.29 is 9.47 Å². The molecule has 0 unspecified atom stereocenters. The van der Waals surface area contributed by atoms with Crippen LogP contribution in [0.3, 0.4) is 0 Å². The van der Waals surface area contributed by atoms with E-state index in [2.05, 4.69) is 27.0 Å². The summed E-state index contributed by atoms with van der Waals surface area (Å²) in [5, 5.41) is 12.2. The average Bonchev–Trinajstić information content (AvgIpc) is 3.16. The number of aromatic nitrogens is 1. The average molecular weight is 427 g/mol. The van der Waals surface area contributed by atoms with Gasteiger partial charge in [0, 0.05) is 10.9 Å². The third kappa shape index (κ3) is 3.79. The normalized spacial score (nSPS) is 11.1. The molecule has 0 bridgehead atoms. The lowest BCUT2D eigenvalue weighted by atomic mass is 10.1. The summed E-state index contributed by atoms with van der Waals surface area (Å²) in [5.74, 6) is 1.21. The monoisotopic (exact) mass is 426 g/mol. The van der Waals surface area contributed by atoms with Crippen LogP contribution in [-0.4, -0.2) is 19.2 Å². The second kappa shape index (κ2) is 8.17. The van der Waals surface area contributed by atoms with Gasteiger partial charge in [0.25, 0.3) is 0 Å². The van der Waals surface area contributed by atoms with Gasteiger partial charge in [-0.1, -0.05) is 30.3 Å². The Labute approximate surface area is 164 Å². The summed E-state index contributed by atoms with van der Waals surface area (Å²) < 4.78 is 11.4. The fourth-order valence-electron chi connectivity index (χ4n) is 2.47. The zero-order valence-electron chi connectivity index (χ0n) is 14.2. The van der Waals surface area contributed by atoms with E-state index in [1.807, 2.05) is 47.8 Å². The first-order valence-corrected chi connectivity index (χ1v) is 9.38. The highest BCUT2D eigenvalue weighted by Crippen LogP contribution is 2.37. The van der Waals surface area contributed by atoms with E-state index in [0.717, 1.165) is 21.3 Å². The number of allylic oxidation sites excluding steroid dienone is 1. The van der Waals surface area contributed by atoms with Crippen LogP contribution in [-0.2, 0) is 0 Å². The molecule has 0 saturated heterocycles. The highest BCUT2D eigenvalue weighted by Gasteiger charge is 2.12. The van der Waals surface area contributed by atoms with Crippen LogP contribution in [0.4, 0.5) is 0 Å². The van der Waals surface area contributed by atoms with Gasteiger partial charge in [0.1, 0.15) is 11.1 Å². The molecule has 0 amide bonds. The number of thiazole rings is 1. The SMILES string of the molecule is COc1cc(/C=C(/C#N)c2nc(-c3ccccc3)cs2)cc(Br)c1OC. The third-order valence-electron chi connectivity index (χ3n) is 3.69. The van der Waals surface area contributed by atoms with E-state index in [1.165, 1.54) is 11.3 Å². The van der Waals surface area contributed by atoms with Crippen LogP contribution in [0.15, 0.2) is 52.3 Å². The van der Waals surface area contributed by atoms with Gasteiger partial charge in [0.2, 0.25) is 0 Å². The van der Waals surface area contributed by atoms with Gasteiger partial charge in [-0.2, -0.15) is 5.26 Å². The minimum atomic E-state index is 0.497. The number of rotatable bonds is 5. The summed E-state index contributed by atoms with van der Waals surface area (Å²) in [6.45, 7) is 0. The Morgan fingerprint density at radius 2 is 1.96 bits per heavy atom. The van der Waals surface area contributed by atoms with E-state index in [4.69, 9.17) is 9.47 Å². The largest absolute Gasteiger partial charge is 0.493 e. The minimum absolute atomic E-state index is 0.497. The Morgan fingerprint density at radius 1 is 1.19 bits per heavy atom. The van der Waals surface area contributed by atoms with Crippen molar-refractivity contribution in [2.75, 3.05) is 14.2 Å². The second-order valence-corrected chi connectivity index (χ2v) is 7.02. The van der Waals surface area contributed by atoms with Crippen molar-refractivity contribution in [3.63, 3.8) is 0 Å². The molecule has 0 saturated carbocycles. The van der Waals surface area contributed by atoms with Gasteiger partial charge < -0.3 is 9.47 Å². The minimum Gasteiger partial charge on any atom is -0.493 e. The molecular weight excluding hydrogens is 412 g/mol. The lowest BCUT2D eigenvalue weighted by molar-refractivity contribution is 0.353. The lowest BCUT2D eigenvalue weighted by Gasteiger charge is -2.10. The molecule has 3 aromatic rings. The Morgan fingerprint density at radius 3 is 2.62 bits per heavy atom. The maximum atomic E-state index is 9.60. The predicted molar refractivity (Wildman–Crippen MR) is 108 cm³/mol. The second-order valence-electron chi connectivity index (χ2n) is 5.31. The summed E-state index contributed by atoms with van der Waals surface area (Å²) >= 11 is 4.92. The van der Waals surface area contributed by atoms with Gasteiger partial charge in [-0.15, -0.1) is 11.3 Å². The van der Waals surface area contributed by atoms with Crippen LogP contribution in [0, 0.1) is 11.3 Å². The van der Waals surface area contributed by atoms with E-state index in [-0.39, 0.29) is 0 Å². The number of methoxy groups -OCH3 is 2. The number of hydrogen-bond donors (Lipinski definition) is 0. The van der Waals surface area contributed by atoms with Crippen molar-refractivity contribution in [2.24, 2.45) is 0 Å². The van der Waals surface area contributed by atoms with Crippen molar-refractivity contribution >= 4 is 38.9 Å². The molecule has 0 N–H and O–H groups in total. The maximum Gasteiger partial charge on any atom is 0.174 e. The summed E-state index contributed by atoms with van der Waals surface area (Å²) in [7, 11) is 3.16. The zero-order chi connectivity index (χ0) is 18.5. The zero-order valence-corrected chi connectivity index (χ0v) is 16.6. The van der Waals surface area contributed by atoms with E-state index >= 15 is 0 Å². The molecule has 3 rings (SSSR count). The quantitative estimate of drug-likeness (QED) is 0.494. The van der Waals surface area contributed by atoms with Crippen molar-refractivity contribution in [1.82, 2.24) is 4.98 Å². The first-order chi connectivity index (χ1) is 12.7. The van der Waals surface area contributed by atoms with Crippen LogP contribution in [0.5, 0.6) is 11.5 Å². The van der Waals surface area contributed by atoms with Gasteiger partial charge >= 0.3 is 0 Å². The maximum absolute atomic E-state index is 9.60. The predicted octanol–water partition coefficient (Wildman–Crippen LogP) is 5.65. The van der Waals surface area contributed by atoms with Gasteiger partial charge in [-0.05, 0) is 39.7 Å². The van der Waals surface area contributed by atoms with E-state index in [0.29, 0.717) is 22.1 Å². The van der Waals surface area contributed by atoms with Gasteiger partial charge in [-0.25, -0.2) is 4.98 Å². The molecule has 0 aliphatic rings. The van der Waals surface area contributed by atoms with Crippen molar-refractivity contribution in [3.8, 4) is 28.8 Å². The number of ether oxygens (including phenoxy) is 2. The molecule has 0 aliphatic carbocycles. The van der Waals surface area contributed by atoms with Crippen LogP contribution < -0.4 is 9.47 Å². The molecule has 0 spiro atoms. The Kier molecular flexibility index (Phi) is 5.71. The Bertz CT molecular complexity index is 991. The summed E-state index contributed by atoms with van der Waals surface area (Å²) in [6.07, 6.45) is 1.79. The highest BCUT2D eigenvalue weighted by molar-refractivity contribution is 9.10. The molecule has 0 atom stereocenters. The molecule has 1 heterocycles. The number of nitriles is 1. The molecular formula is C20H15BrN2O2S. The number of hydrogen-bond acceptors (Lipinski definition) is 5. The lowest BCUT2D eigenvalue weighted by Crippen LogP contribution is -1.92. The Balaban J connectivity index is 1.99. The molecule has 6 heteroatoms. The topological polar surface area (TPSA) is 55.1 Å². The fraction of sp³-hybridized carbons (Fsp3) is 0.100. The molecule has 0 aliphatic heterocycles. The first kappa shape index (κ1) is 18.2. The number of benzene rings is 2. The molecule has 1 aromatic heterocycles. The Hall–Kier alpha value is -2.62. The third-order valence-corrected chi connectivity index (χ3v) is 5.16. The first-order valence-electron chi connectivity index (χ1n) is 7.71. The van der Waals surface area contributed by atoms with Gasteiger partial charge in [0.15, 0.2) is 11.5 Å². The number of nitrogens with zero attached hydrogens (tertiary/aromatic N) is 2. The van der Waals surface area contributed by atoms with E-state index in [1.54, 1.807) is 20.3 Å². The molecule has 0 radical (unpaired) electrons. The number of halogens is 1. The fourth-order valence-corrected chi connectivity index (χ4v) is 3.88. The van der Waals surface area contributed by atoms with Gasteiger partial charge in [0.05, 0.1) is 30.0 Å². The summed E-state index contributed by atoms with van der Waals surface area (Å²) in [4.78, 5) is 4.61. The van der Waals surface area contributed by atoms with E-state index in [9.17, 15) is 5.26 Å². The highest BCUT2D eigenvalue weighted by atomic mass is 79.9. The van der Waals surface area contributed by atoms with Crippen molar-refractivity contribution in [3.05, 3.63) is 62.9 Å². The van der Waals surface area contributed by atoms with Crippen LogP contribution in [0.1, 0.15) is 10.6 Å². The van der Waals surface area contributed by atoms with Gasteiger partial charge in [-0.3, -0.25) is 0 Å². The molecule has 2 aromatic carbocycles. The molecule has 0 fully saturated rings. The van der Waals surface area contributed by atoms with Crippen LogP contribution >= 0.6 is 27.3 Å². The van der Waals surface area contributed by atoms with Crippen LogP contribution in [0.2, 0.25) is 0 Å². The smallest absolute Gasteiger partial charge is 0.174 e. The molecule has 4 nitrogen and oxygen atoms in total. The molecule has 26 heavy (non-hydrogen) atoms. The van der Waals surface area contributed by atoms with Crippen molar-refractivity contribution in [1.29, 1.82) is 5.26 Å².